The van der Waals surface area contributed by atoms with E-state index < -0.39 is 0 Å². The van der Waals surface area contributed by atoms with E-state index in [1.807, 2.05) is 37.3 Å². The van der Waals surface area contributed by atoms with Gasteiger partial charge in [-0.1, -0.05) is 50.6 Å². The monoisotopic (exact) mass is 263 g/mol. The van der Waals surface area contributed by atoms with E-state index in [-0.39, 0.29) is 18.1 Å². The topological polar surface area (TPSA) is 38.3 Å². The van der Waals surface area contributed by atoms with Gasteiger partial charge in [0.05, 0.1) is 6.61 Å². The number of hydrogen-bond acceptors (Lipinski definition) is 3. The van der Waals surface area contributed by atoms with E-state index >= 15 is 0 Å². The van der Waals surface area contributed by atoms with Crippen LogP contribution in [0.3, 0.4) is 0 Å². The third kappa shape index (κ3) is 4.67. The first kappa shape index (κ1) is 15.7. The summed E-state index contributed by atoms with van der Waals surface area (Å²) in [5, 5.41) is 3.39. The minimum absolute atomic E-state index is 0.205. The molecule has 19 heavy (non-hydrogen) atoms. The number of hydrogen-bond donors (Lipinski definition) is 1. The Morgan fingerprint density at radius 1 is 1.21 bits per heavy atom. The first-order valence-corrected chi connectivity index (χ1v) is 7.07. The molecule has 0 bridgehead atoms. The highest BCUT2D eigenvalue weighted by molar-refractivity contribution is 5.77. The second-order valence-electron chi connectivity index (χ2n) is 4.94. The molecule has 3 atom stereocenters. The fourth-order valence-electron chi connectivity index (χ4n) is 1.95. The van der Waals surface area contributed by atoms with Gasteiger partial charge in [-0.25, -0.2) is 4.79 Å². The molecule has 1 aromatic carbocycles. The molecule has 0 radical (unpaired) electrons. The largest absolute Gasteiger partial charge is 0.465 e. The van der Waals surface area contributed by atoms with E-state index in [1.54, 1.807) is 0 Å². The van der Waals surface area contributed by atoms with Gasteiger partial charge in [0.25, 0.3) is 0 Å². The van der Waals surface area contributed by atoms with Crippen molar-refractivity contribution in [3.05, 3.63) is 35.9 Å². The van der Waals surface area contributed by atoms with E-state index in [2.05, 4.69) is 26.1 Å². The summed E-state index contributed by atoms with van der Waals surface area (Å²) >= 11 is 0. The normalized spacial score (nSPS) is 15.6. The Morgan fingerprint density at radius 3 is 2.37 bits per heavy atom. The van der Waals surface area contributed by atoms with Crippen molar-refractivity contribution in [2.24, 2.45) is 5.92 Å². The van der Waals surface area contributed by atoms with E-state index in [9.17, 15) is 4.79 Å². The van der Waals surface area contributed by atoms with Crippen molar-refractivity contribution in [3.63, 3.8) is 0 Å². The molecule has 0 aromatic heterocycles. The molecule has 0 amide bonds. The Bertz CT molecular complexity index is 378. The Morgan fingerprint density at radius 2 is 1.84 bits per heavy atom. The maximum absolute atomic E-state index is 12.1. The molecule has 0 fully saturated rings. The summed E-state index contributed by atoms with van der Waals surface area (Å²) in [5.41, 5.74) is 0.955. The molecule has 3 nitrogen and oxygen atoms in total. The first-order chi connectivity index (χ1) is 9.10. The van der Waals surface area contributed by atoms with Gasteiger partial charge >= 0.3 is 5.97 Å². The summed E-state index contributed by atoms with van der Waals surface area (Å²) in [7, 11) is 0. The van der Waals surface area contributed by atoms with Gasteiger partial charge in [-0.2, -0.15) is 0 Å². The molecule has 3 heteroatoms. The number of benzene rings is 1. The van der Waals surface area contributed by atoms with Crippen LogP contribution in [0.2, 0.25) is 0 Å². The van der Waals surface area contributed by atoms with Crippen molar-refractivity contribution in [2.45, 2.75) is 46.2 Å². The molecule has 1 rings (SSSR count). The van der Waals surface area contributed by atoms with Crippen LogP contribution in [-0.4, -0.2) is 18.6 Å². The number of rotatable bonds is 7. The lowest BCUT2D eigenvalue weighted by Gasteiger charge is -2.26. The molecule has 0 spiro atoms. The van der Waals surface area contributed by atoms with Gasteiger partial charge in [0.2, 0.25) is 0 Å². The molecule has 106 valence electrons. The predicted octanol–water partition coefficient (Wildman–Crippen LogP) is 3.32. The molecule has 0 heterocycles. The van der Waals surface area contributed by atoms with Crippen molar-refractivity contribution in [1.82, 2.24) is 5.32 Å². The quantitative estimate of drug-likeness (QED) is 0.767. The number of carbonyl (C=O) groups is 1. The number of esters is 1. The van der Waals surface area contributed by atoms with Crippen LogP contribution in [0.25, 0.3) is 0 Å². The van der Waals surface area contributed by atoms with Crippen LogP contribution in [-0.2, 0) is 9.53 Å². The van der Waals surface area contributed by atoms with Crippen molar-refractivity contribution in [1.29, 1.82) is 0 Å². The summed E-state index contributed by atoms with van der Waals surface area (Å²) in [5.74, 6) is 0.310. The molecule has 0 aliphatic carbocycles. The minimum atomic E-state index is -0.384. The smallest absolute Gasteiger partial charge is 0.327 e. The molecular weight excluding hydrogens is 238 g/mol. The van der Waals surface area contributed by atoms with Crippen molar-refractivity contribution in [2.75, 3.05) is 6.61 Å². The Kier molecular flexibility index (Phi) is 6.57. The van der Waals surface area contributed by atoms with Gasteiger partial charge in [-0.15, -0.1) is 0 Å². The summed E-state index contributed by atoms with van der Waals surface area (Å²) in [6.45, 7) is 8.69. The van der Waals surface area contributed by atoms with Gasteiger partial charge in [0, 0.05) is 6.04 Å². The van der Waals surface area contributed by atoms with Crippen molar-refractivity contribution >= 4 is 5.97 Å². The summed E-state index contributed by atoms with van der Waals surface area (Å²) in [6, 6.07) is 9.62. The van der Waals surface area contributed by atoms with Gasteiger partial charge in [-0.3, -0.25) is 5.32 Å². The van der Waals surface area contributed by atoms with Crippen LogP contribution in [0, 0.1) is 5.92 Å². The lowest BCUT2D eigenvalue weighted by Crippen LogP contribution is -2.39. The fourth-order valence-corrected chi connectivity index (χ4v) is 1.95. The van der Waals surface area contributed by atoms with E-state index in [0.717, 1.165) is 12.0 Å². The zero-order chi connectivity index (χ0) is 14.3. The zero-order valence-electron chi connectivity index (χ0n) is 12.3. The maximum Gasteiger partial charge on any atom is 0.327 e. The lowest BCUT2D eigenvalue weighted by atomic mass is 9.98. The van der Waals surface area contributed by atoms with Gasteiger partial charge in [0.1, 0.15) is 6.04 Å². The van der Waals surface area contributed by atoms with Gasteiger partial charge < -0.3 is 4.74 Å². The third-order valence-electron chi connectivity index (χ3n) is 3.58. The summed E-state index contributed by atoms with van der Waals surface area (Å²) in [4.78, 5) is 12.1. The molecular formula is C16H25NO2. The van der Waals surface area contributed by atoms with Crippen molar-refractivity contribution < 1.29 is 9.53 Å². The average Bonchev–Trinajstić information content (AvgIpc) is 2.44. The number of ether oxygens (including phenoxy) is 1. The molecule has 0 saturated heterocycles. The first-order valence-electron chi connectivity index (χ1n) is 7.07. The Hall–Kier alpha value is -1.35. The van der Waals surface area contributed by atoms with Gasteiger partial charge in [-0.05, 0) is 25.3 Å². The van der Waals surface area contributed by atoms with Crippen LogP contribution < -0.4 is 5.32 Å². The molecule has 1 aromatic rings. The Balaban J connectivity index is 2.84. The molecule has 0 aliphatic heterocycles. The van der Waals surface area contributed by atoms with Crippen LogP contribution in [0.1, 0.15) is 45.7 Å². The van der Waals surface area contributed by atoms with Gasteiger partial charge in [0.15, 0.2) is 0 Å². The fraction of sp³-hybridized carbons (Fsp3) is 0.562. The zero-order valence-corrected chi connectivity index (χ0v) is 12.3. The maximum atomic E-state index is 12.1. The average molecular weight is 263 g/mol. The molecule has 3 unspecified atom stereocenters. The molecule has 0 saturated carbocycles. The number of carbonyl (C=O) groups excluding carboxylic acids is 1. The standard InChI is InChI=1S/C16H25NO2/c1-5-12(3)13(4)17-15(16(18)19-6-2)14-10-8-7-9-11-14/h7-13,15,17H,5-6H2,1-4H3. The van der Waals surface area contributed by atoms with E-state index in [1.165, 1.54) is 0 Å². The summed E-state index contributed by atoms with van der Waals surface area (Å²) < 4.78 is 5.17. The van der Waals surface area contributed by atoms with E-state index in [0.29, 0.717) is 12.5 Å². The minimum Gasteiger partial charge on any atom is -0.465 e. The SMILES string of the molecule is CCOC(=O)C(NC(C)C(C)CC)c1ccccc1. The second kappa shape index (κ2) is 7.95. The summed E-state index contributed by atoms with van der Waals surface area (Å²) in [6.07, 6.45) is 1.08. The van der Waals surface area contributed by atoms with Crippen LogP contribution in [0.15, 0.2) is 30.3 Å². The lowest BCUT2D eigenvalue weighted by molar-refractivity contribution is -0.146. The molecule has 1 N–H and O–H groups in total. The number of nitrogens with one attached hydrogen (secondary N) is 1. The van der Waals surface area contributed by atoms with Crippen LogP contribution in [0.5, 0.6) is 0 Å². The second-order valence-corrected chi connectivity index (χ2v) is 4.94. The Labute approximate surface area is 116 Å². The van der Waals surface area contributed by atoms with Crippen LogP contribution in [0.4, 0.5) is 0 Å². The highest BCUT2D eigenvalue weighted by Crippen LogP contribution is 2.18. The highest BCUT2D eigenvalue weighted by Gasteiger charge is 2.24. The van der Waals surface area contributed by atoms with Crippen LogP contribution >= 0.6 is 0 Å². The van der Waals surface area contributed by atoms with E-state index in [4.69, 9.17) is 4.74 Å². The van der Waals surface area contributed by atoms with Crippen molar-refractivity contribution in [3.8, 4) is 0 Å². The molecule has 0 aliphatic rings. The third-order valence-corrected chi connectivity index (χ3v) is 3.58. The highest BCUT2D eigenvalue weighted by atomic mass is 16.5. The predicted molar refractivity (Wildman–Crippen MR) is 77.9 cm³/mol.